The molecule has 2 saturated heterocycles. The Kier molecular flexibility index (Phi) is 29.2. The second kappa shape index (κ2) is 27.8. The highest BCUT2D eigenvalue weighted by Gasteiger charge is 2.33. The van der Waals surface area contributed by atoms with Gasteiger partial charge in [-0.25, -0.2) is 21.2 Å². The summed E-state index contributed by atoms with van der Waals surface area (Å²) in [7, 11) is -2.74. The van der Waals surface area contributed by atoms with E-state index in [1.54, 1.807) is 0 Å². The molecule has 0 radical (unpaired) electrons. The van der Waals surface area contributed by atoms with Crippen molar-refractivity contribution in [2.75, 3.05) is 19.0 Å². The van der Waals surface area contributed by atoms with E-state index in [-0.39, 0.29) is 14.2 Å². The molecular formula is C41H86ClN3O3S3. The van der Waals surface area contributed by atoms with Crippen LogP contribution in [-0.2, 0) is 33.0 Å². The van der Waals surface area contributed by atoms with E-state index in [2.05, 4.69) is 40.7 Å². The molecule has 2 saturated carbocycles. The van der Waals surface area contributed by atoms with E-state index >= 15 is 0 Å². The van der Waals surface area contributed by atoms with Gasteiger partial charge in [0.2, 0.25) is 0 Å². The summed E-state index contributed by atoms with van der Waals surface area (Å²) in [5.74, 6) is 2.73. The van der Waals surface area contributed by atoms with Crippen LogP contribution >= 0.6 is 11.6 Å². The first-order valence-corrected chi connectivity index (χ1v) is 24.3. The molecule has 0 N–H and O–H groups in total. The van der Waals surface area contributed by atoms with Gasteiger partial charge in [0.05, 0.1) is 36.2 Å². The van der Waals surface area contributed by atoms with Crippen molar-refractivity contribution in [3.8, 4) is 0 Å². The molecule has 2 aliphatic heterocycles. The van der Waals surface area contributed by atoms with Gasteiger partial charge in [-0.3, -0.25) is 0 Å². The number of rotatable bonds is 6. The summed E-state index contributed by atoms with van der Waals surface area (Å²) in [6, 6.07) is 1.01. The molecule has 0 aromatic rings. The summed E-state index contributed by atoms with van der Waals surface area (Å²) in [5.41, 5.74) is 0.925. The zero-order chi connectivity index (χ0) is 40.0. The Balaban J connectivity index is 0. The molecule has 2 aliphatic carbocycles. The Labute approximate surface area is 332 Å². The fourth-order valence-corrected chi connectivity index (χ4v) is 9.56. The topological polar surface area (TPSA) is 70.1 Å². The Hall–Kier alpha value is 0.330. The van der Waals surface area contributed by atoms with E-state index in [0.29, 0.717) is 18.0 Å². The molecule has 4 aliphatic rings. The van der Waals surface area contributed by atoms with E-state index in [9.17, 15) is 12.6 Å². The van der Waals surface area contributed by atoms with Crippen LogP contribution in [0.1, 0.15) is 201 Å². The number of halogens is 1. The van der Waals surface area contributed by atoms with Crippen molar-refractivity contribution in [2.45, 2.75) is 227 Å². The lowest BCUT2D eigenvalue weighted by atomic mass is 10.2. The molecule has 0 unspecified atom stereocenters. The molecule has 0 amide bonds. The Morgan fingerprint density at radius 1 is 0.608 bits per heavy atom. The predicted octanol–water partition coefficient (Wildman–Crippen LogP) is 12.2. The largest absolute Gasteiger partial charge is 0.242 e. The molecular weight excluding hydrogens is 714 g/mol. The molecule has 2 heterocycles. The van der Waals surface area contributed by atoms with Crippen LogP contribution in [0.2, 0.25) is 0 Å². The lowest BCUT2D eigenvalue weighted by Gasteiger charge is -2.28. The zero-order valence-electron chi connectivity index (χ0n) is 36.5. The molecule has 5 atom stereocenters. The van der Waals surface area contributed by atoms with Crippen LogP contribution in [-0.4, -0.2) is 72.2 Å². The summed E-state index contributed by atoms with van der Waals surface area (Å²) < 4.78 is 43.3. The normalized spacial score (nSPS) is 23.9. The van der Waals surface area contributed by atoms with Gasteiger partial charge < -0.3 is 0 Å². The van der Waals surface area contributed by atoms with Crippen LogP contribution in [0.4, 0.5) is 0 Å². The fraction of sp³-hybridized carbons (Fsp3) is 0.976. The fourth-order valence-electron chi connectivity index (χ4n) is 5.92. The van der Waals surface area contributed by atoms with E-state index in [4.69, 9.17) is 11.6 Å². The maximum Gasteiger partial charge on any atom is 0.144 e. The van der Waals surface area contributed by atoms with E-state index < -0.39 is 33.0 Å². The molecule has 6 nitrogen and oxygen atoms in total. The van der Waals surface area contributed by atoms with Crippen LogP contribution in [0.15, 0.2) is 4.40 Å². The summed E-state index contributed by atoms with van der Waals surface area (Å²) in [5, 5.41) is 0. The van der Waals surface area contributed by atoms with Crippen molar-refractivity contribution in [3.05, 3.63) is 0 Å². The highest BCUT2D eigenvalue weighted by Crippen LogP contribution is 2.26. The summed E-state index contributed by atoms with van der Waals surface area (Å²) in [4.78, 5) is 0. The van der Waals surface area contributed by atoms with Crippen LogP contribution in [0.3, 0.4) is 0 Å². The number of alkyl halides is 1. The highest BCUT2D eigenvalue weighted by atomic mass is 35.5. The predicted molar refractivity (Wildman–Crippen MR) is 234 cm³/mol. The third-order valence-electron chi connectivity index (χ3n) is 9.18. The quantitative estimate of drug-likeness (QED) is 0.198. The van der Waals surface area contributed by atoms with E-state index in [1.807, 2.05) is 83.1 Å². The Morgan fingerprint density at radius 3 is 1.14 bits per heavy atom. The van der Waals surface area contributed by atoms with Gasteiger partial charge in [0.25, 0.3) is 0 Å². The molecule has 4 fully saturated rings. The maximum absolute atomic E-state index is 11.9. The monoisotopic (exact) mass is 800 g/mol. The standard InChI is InChI=1S/C9H18ClNOS.2C9H19NOS.2C6H12.C2H6/c1-8(6-5-7-10)11-13(12)9(2,3)4;2*1-8-6-5-7-10(8)12(11)9(2,3)4;2*1-6-4-2-3-5-6;1-2/h5-7H2,1-4H3;2*8H,5-7H2,1-4H3;2*6H,2-5H2,1H3;1-2H3/t13-;8-,12+;8-,12-;;;/m110.../s1. The van der Waals surface area contributed by atoms with Crippen molar-refractivity contribution >= 4 is 50.3 Å². The average Bonchev–Trinajstić information content (AvgIpc) is 3.87. The van der Waals surface area contributed by atoms with Crippen molar-refractivity contribution in [2.24, 2.45) is 16.2 Å². The zero-order valence-corrected chi connectivity index (χ0v) is 39.7. The third-order valence-corrected chi connectivity index (χ3v) is 15.0. The van der Waals surface area contributed by atoms with Gasteiger partial charge in [-0.1, -0.05) is 79.1 Å². The van der Waals surface area contributed by atoms with Crippen LogP contribution in [0.25, 0.3) is 0 Å². The van der Waals surface area contributed by atoms with Gasteiger partial charge in [-0.05, 0) is 133 Å². The lowest BCUT2D eigenvalue weighted by Crippen LogP contribution is -2.39. The summed E-state index contributed by atoms with van der Waals surface area (Å²) >= 11 is 5.54. The smallest absolute Gasteiger partial charge is 0.144 e. The Bertz CT molecular complexity index is 937. The van der Waals surface area contributed by atoms with Gasteiger partial charge in [-0.15, -0.1) is 11.6 Å². The van der Waals surface area contributed by atoms with Gasteiger partial charge in [0, 0.05) is 36.8 Å². The molecule has 0 aromatic carbocycles. The summed E-state index contributed by atoms with van der Waals surface area (Å²) in [6.07, 6.45) is 18.4. The van der Waals surface area contributed by atoms with Crippen LogP contribution < -0.4 is 0 Å². The highest BCUT2D eigenvalue weighted by molar-refractivity contribution is 7.85. The van der Waals surface area contributed by atoms with Gasteiger partial charge in [0.1, 0.15) is 11.0 Å². The number of hydrogen-bond donors (Lipinski definition) is 0. The van der Waals surface area contributed by atoms with Crippen molar-refractivity contribution < 1.29 is 12.6 Å². The molecule has 0 aromatic heterocycles. The first kappa shape index (κ1) is 53.4. The Morgan fingerprint density at radius 2 is 0.941 bits per heavy atom. The minimum absolute atomic E-state index is 0.0986. The first-order chi connectivity index (χ1) is 23.5. The molecule has 10 heteroatoms. The SMILES string of the molecule is CC.CC(CCCCl)=N[S@](=O)C(C)(C)C.CC1CCCC1.CC1CCCC1.C[C@@H]1CCCN1[S@@](=O)C(C)(C)C.C[C@H]1CCCN1[S@@](=O)C(C)(C)C. The first-order valence-electron chi connectivity index (χ1n) is 20.4. The average molecular weight is 801 g/mol. The van der Waals surface area contributed by atoms with Crippen LogP contribution in [0.5, 0.6) is 0 Å². The molecule has 4 rings (SSSR count). The van der Waals surface area contributed by atoms with E-state index in [1.165, 1.54) is 77.0 Å². The van der Waals surface area contributed by atoms with Crippen molar-refractivity contribution in [1.82, 2.24) is 8.61 Å². The van der Waals surface area contributed by atoms with Crippen molar-refractivity contribution in [1.29, 1.82) is 0 Å². The summed E-state index contributed by atoms with van der Waals surface area (Å²) in [6.45, 7) is 34.9. The van der Waals surface area contributed by atoms with E-state index in [0.717, 1.165) is 43.5 Å². The molecule has 308 valence electrons. The van der Waals surface area contributed by atoms with Gasteiger partial charge in [0.15, 0.2) is 0 Å². The maximum atomic E-state index is 11.9. The second-order valence-electron chi connectivity index (χ2n) is 17.7. The number of hydrogen-bond acceptors (Lipinski definition) is 3. The third kappa shape index (κ3) is 25.2. The van der Waals surface area contributed by atoms with Gasteiger partial charge >= 0.3 is 0 Å². The van der Waals surface area contributed by atoms with Gasteiger partial charge in [-0.2, -0.15) is 4.40 Å². The molecule has 0 spiro atoms. The number of nitrogens with zero attached hydrogens (tertiary/aromatic N) is 3. The van der Waals surface area contributed by atoms with Crippen LogP contribution in [0, 0.1) is 11.8 Å². The molecule has 0 bridgehead atoms. The van der Waals surface area contributed by atoms with Crippen molar-refractivity contribution in [3.63, 3.8) is 0 Å². The molecule has 51 heavy (non-hydrogen) atoms. The minimum Gasteiger partial charge on any atom is -0.242 e. The second-order valence-corrected chi connectivity index (χ2v) is 24.4. The lowest BCUT2D eigenvalue weighted by molar-refractivity contribution is 0.428. The minimum atomic E-state index is -1.13.